The minimum Gasteiger partial charge on any atom is -0.389 e. The van der Waals surface area contributed by atoms with Crippen molar-refractivity contribution in [2.75, 3.05) is 18.5 Å². The molecule has 2 N–H and O–H groups in total. The molecule has 2 heterocycles. The van der Waals surface area contributed by atoms with Crippen LogP contribution in [0.15, 0.2) is 30.6 Å². The average Bonchev–Trinajstić information content (AvgIpc) is 2.44. The molecular weight excluding hydrogens is 280 g/mol. The third kappa shape index (κ3) is 3.76. The zero-order valence-electron chi connectivity index (χ0n) is 12.6. The van der Waals surface area contributed by atoms with Crippen LogP contribution in [0.5, 0.6) is 0 Å². The third-order valence-electron chi connectivity index (χ3n) is 3.42. The molecule has 0 fully saturated rings. The highest BCUT2D eigenvalue weighted by atomic mass is 32.1. The fourth-order valence-electron chi connectivity index (χ4n) is 2.35. The maximum Gasteiger partial charge on any atom is 0.139 e. The predicted molar refractivity (Wildman–Crippen MR) is 90.8 cm³/mol. The van der Waals surface area contributed by atoms with Crippen LogP contribution in [-0.2, 0) is 6.42 Å². The van der Waals surface area contributed by atoms with Gasteiger partial charge in [-0.25, -0.2) is 4.98 Å². The second-order valence-corrected chi connectivity index (χ2v) is 5.61. The highest BCUT2D eigenvalue weighted by Gasteiger charge is 2.15. The molecular formula is C16H20N4S. The lowest BCUT2D eigenvalue weighted by Gasteiger charge is -2.22. The number of thiocarbonyl (C=S) groups is 1. The van der Waals surface area contributed by atoms with Crippen molar-refractivity contribution < 1.29 is 0 Å². The molecule has 0 aliphatic heterocycles. The van der Waals surface area contributed by atoms with Gasteiger partial charge in [0.25, 0.3) is 0 Å². The van der Waals surface area contributed by atoms with Crippen LogP contribution in [-0.4, -0.2) is 28.5 Å². The fourth-order valence-corrected chi connectivity index (χ4v) is 2.60. The largest absolute Gasteiger partial charge is 0.389 e. The maximum absolute atomic E-state index is 5.87. The van der Waals surface area contributed by atoms with Gasteiger partial charge in [-0.3, -0.25) is 4.98 Å². The molecule has 5 heteroatoms. The highest BCUT2D eigenvalue weighted by Crippen LogP contribution is 2.22. The molecule has 0 aliphatic rings. The van der Waals surface area contributed by atoms with Crippen LogP contribution in [0.4, 0.5) is 5.82 Å². The zero-order chi connectivity index (χ0) is 15.4. The zero-order valence-corrected chi connectivity index (χ0v) is 13.4. The standard InChI is InChI=1S/C16H20N4S/c1-11-10-12(2)19-16(14(11)15(17)21)20(3)9-6-13-4-7-18-8-5-13/h4-5,7-8,10H,6,9H2,1-3H3,(H2,17,21). The highest BCUT2D eigenvalue weighted by molar-refractivity contribution is 7.80. The number of aromatic nitrogens is 2. The fraction of sp³-hybridized carbons (Fsp3) is 0.312. The number of hydrogen-bond acceptors (Lipinski definition) is 4. The van der Waals surface area contributed by atoms with Crippen LogP contribution >= 0.6 is 12.2 Å². The summed E-state index contributed by atoms with van der Waals surface area (Å²) in [6, 6.07) is 6.06. The van der Waals surface area contributed by atoms with Crippen molar-refractivity contribution in [3.05, 3.63) is 53.0 Å². The van der Waals surface area contributed by atoms with Crippen molar-refractivity contribution in [3.63, 3.8) is 0 Å². The summed E-state index contributed by atoms with van der Waals surface area (Å²) >= 11 is 5.18. The summed E-state index contributed by atoms with van der Waals surface area (Å²) in [7, 11) is 2.02. The SMILES string of the molecule is Cc1cc(C)c(C(N)=S)c(N(C)CCc2ccncc2)n1. The Morgan fingerprint density at radius 2 is 1.95 bits per heavy atom. The van der Waals surface area contributed by atoms with Gasteiger partial charge in [0.1, 0.15) is 10.8 Å². The minimum absolute atomic E-state index is 0.394. The normalized spacial score (nSPS) is 10.4. The Hall–Kier alpha value is -2.01. The molecule has 2 aromatic heterocycles. The Labute approximate surface area is 131 Å². The monoisotopic (exact) mass is 300 g/mol. The van der Waals surface area contributed by atoms with Crippen LogP contribution in [0, 0.1) is 13.8 Å². The summed E-state index contributed by atoms with van der Waals surface area (Å²) in [5.41, 5.74) is 10.0. The van der Waals surface area contributed by atoms with E-state index in [1.54, 1.807) is 0 Å². The van der Waals surface area contributed by atoms with Crippen LogP contribution < -0.4 is 10.6 Å². The van der Waals surface area contributed by atoms with E-state index in [0.29, 0.717) is 4.99 Å². The van der Waals surface area contributed by atoms with Crippen LogP contribution in [0.1, 0.15) is 22.4 Å². The Morgan fingerprint density at radius 3 is 2.57 bits per heavy atom. The average molecular weight is 300 g/mol. The lowest BCUT2D eigenvalue weighted by Crippen LogP contribution is -2.26. The summed E-state index contributed by atoms with van der Waals surface area (Å²) < 4.78 is 0. The van der Waals surface area contributed by atoms with Crippen LogP contribution in [0.3, 0.4) is 0 Å². The van der Waals surface area contributed by atoms with Gasteiger partial charge in [0.05, 0.1) is 5.56 Å². The van der Waals surface area contributed by atoms with Gasteiger partial charge in [0.15, 0.2) is 0 Å². The number of nitrogens with zero attached hydrogens (tertiary/aromatic N) is 3. The minimum atomic E-state index is 0.394. The third-order valence-corrected chi connectivity index (χ3v) is 3.62. The molecule has 0 amide bonds. The Bertz CT molecular complexity index is 640. The molecule has 0 spiro atoms. The molecule has 2 aromatic rings. The number of hydrogen-bond donors (Lipinski definition) is 1. The molecule has 0 aromatic carbocycles. The number of pyridine rings is 2. The van der Waals surface area contributed by atoms with Crippen molar-refractivity contribution in [1.82, 2.24) is 9.97 Å². The topological polar surface area (TPSA) is 55.0 Å². The number of rotatable bonds is 5. The van der Waals surface area contributed by atoms with Gasteiger partial charge in [-0.2, -0.15) is 0 Å². The molecule has 21 heavy (non-hydrogen) atoms. The van der Waals surface area contributed by atoms with E-state index in [-0.39, 0.29) is 0 Å². The van der Waals surface area contributed by atoms with E-state index in [9.17, 15) is 0 Å². The van der Waals surface area contributed by atoms with Gasteiger partial charge in [0, 0.05) is 31.7 Å². The van der Waals surface area contributed by atoms with E-state index in [1.807, 2.05) is 51.5 Å². The summed E-state index contributed by atoms with van der Waals surface area (Å²) in [6.07, 6.45) is 4.54. The first-order valence-corrected chi connectivity index (χ1v) is 7.28. The van der Waals surface area contributed by atoms with Crippen LogP contribution in [0.25, 0.3) is 0 Å². The van der Waals surface area contributed by atoms with Gasteiger partial charge >= 0.3 is 0 Å². The molecule has 0 bridgehead atoms. The lowest BCUT2D eigenvalue weighted by atomic mass is 10.1. The molecule has 0 aliphatic carbocycles. The second kappa shape index (κ2) is 6.63. The van der Waals surface area contributed by atoms with E-state index < -0.39 is 0 Å². The molecule has 0 atom stereocenters. The predicted octanol–water partition coefficient (Wildman–Crippen LogP) is 2.41. The number of anilines is 1. The number of likely N-dealkylation sites (N-methyl/N-ethyl adjacent to an activating group) is 1. The Morgan fingerprint density at radius 1 is 1.29 bits per heavy atom. The van der Waals surface area contributed by atoms with Crippen molar-refractivity contribution in [2.45, 2.75) is 20.3 Å². The second-order valence-electron chi connectivity index (χ2n) is 5.17. The number of aryl methyl sites for hydroxylation is 2. The van der Waals surface area contributed by atoms with Crippen molar-refractivity contribution in [2.24, 2.45) is 5.73 Å². The Kier molecular flexibility index (Phi) is 4.85. The van der Waals surface area contributed by atoms with E-state index in [2.05, 4.69) is 14.9 Å². The molecule has 0 radical (unpaired) electrons. The number of nitrogens with two attached hydrogens (primary N) is 1. The van der Waals surface area contributed by atoms with Gasteiger partial charge in [-0.05, 0) is 49.6 Å². The molecule has 4 nitrogen and oxygen atoms in total. The summed E-state index contributed by atoms with van der Waals surface area (Å²) in [4.78, 5) is 11.1. The molecule has 0 saturated heterocycles. The molecule has 0 unspecified atom stereocenters. The van der Waals surface area contributed by atoms with Gasteiger partial charge in [0.2, 0.25) is 0 Å². The lowest BCUT2D eigenvalue weighted by molar-refractivity contribution is 0.852. The van der Waals surface area contributed by atoms with E-state index in [4.69, 9.17) is 18.0 Å². The first-order valence-electron chi connectivity index (χ1n) is 6.87. The molecule has 2 rings (SSSR count). The summed E-state index contributed by atoms with van der Waals surface area (Å²) in [5.74, 6) is 0.856. The molecule has 0 saturated carbocycles. The van der Waals surface area contributed by atoms with E-state index >= 15 is 0 Å². The van der Waals surface area contributed by atoms with E-state index in [1.165, 1.54) is 5.56 Å². The van der Waals surface area contributed by atoms with Gasteiger partial charge in [-0.15, -0.1) is 0 Å². The summed E-state index contributed by atoms with van der Waals surface area (Å²) in [6.45, 7) is 4.84. The quantitative estimate of drug-likeness (QED) is 0.859. The smallest absolute Gasteiger partial charge is 0.139 e. The van der Waals surface area contributed by atoms with Crippen molar-refractivity contribution in [3.8, 4) is 0 Å². The first kappa shape index (κ1) is 15.4. The first-order chi connectivity index (χ1) is 9.99. The van der Waals surface area contributed by atoms with Crippen molar-refractivity contribution >= 4 is 23.0 Å². The van der Waals surface area contributed by atoms with Crippen molar-refractivity contribution in [1.29, 1.82) is 0 Å². The molecule has 110 valence electrons. The van der Waals surface area contributed by atoms with E-state index in [0.717, 1.165) is 35.6 Å². The van der Waals surface area contributed by atoms with Gasteiger partial charge < -0.3 is 10.6 Å². The van der Waals surface area contributed by atoms with Crippen LogP contribution in [0.2, 0.25) is 0 Å². The Balaban J connectivity index is 2.22. The maximum atomic E-state index is 5.87. The summed E-state index contributed by atoms with van der Waals surface area (Å²) in [5, 5.41) is 0. The van der Waals surface area contributed by atoms with Gasteiger partial charge in [-0.1, -0.05) is 12.2 Å².